The van der Waals surface area contributed by atoms with Gasteiger partial charge in [0.1, 0.15) is 0 Å². The molecule has 0 saturated carbocycles. The molecule has 2 aromatic carbocycles. The Labute approximate surface area is 197 Å². The van der Waals surface area contributed by atoms with E-state index in [-0.39, 0.29) is 5.91 Å². The molecule has 1 unspecified atom stereocenters. The van der Waals surface area contributed by atoms with E-state index in [1.54, 1.807) is 25.5 Å². The number of ether oxygens (including phenoxy) is 1. The number of piperazine rings is 1. The third-order valence-electron chi connectivity index (χ3n) is 6.02. The van der Waals surface area contributed by atoms with E-state index in [9.17, 15) is 4.79 Å². The van der Waals surface area contributed by atoms with Crippen LogP contribution in [0.4, 0.5) is 0 Å². The summed E-state index contributed by atoms with van der Waals surface area (Å²) in [5, 5.41) is 4.05. The molecule has 1 saturated heterocycles. The Balaban J connectivity index is 1.16. The third kappa shape index (κ3) is 4.78. The highest BCUT2D eigenvalue weighted by molar-refractivity contribution is 5.82. The number of methoxy groups -OCH3 is 1. The largest absolute Gasteiger partial charge is 0.459 e. The van der Waals surface area contributed by atoms with Crippen LogP contribution in [0.25, 0.3) is 23.0 Å². The van der Waals surface area contributed by atoms with Crippen molar-refractivity contribution < 1.29 is 18.5 Å². The molecule has 1 aliphatic heterocycles. The number of furan rings is 1. The smallest absolute Gasteiger partial charge is 0.293 e. The molecule has 4 aromatic rings. The molecule has 1 amide bonds. The maximum absolute atomic E-state index is 13.0. The van der Waals surface area contributed by atoms with Gasteiger partial charge >= 0.3 is 0 Å². The first kappa shape index (κ1) is 22.1. The summed E-state index contributed by atoms with van der Waals surface area (Å²) < 4.78 is 16.1. The van der Waals surface area contributed by atoms with E-state index in [0.29, 0.717) is 30.6 Å². The van der Waals surface area contributed by atoms with Gasteiger partial charge in [0.15, 0.2) is 11.9 Å². The molecule has 0 radical (unpaired) electrons. The third-order valence-corrected chi connectivity index (χ3v) is 6.02. The lowest BCUT2D eigenvalue weighted by Gasteiger charge is -2.36. The molecule has 0 N–H and O–H groups in total. The van der Waals surface area contributed by atoms with Crippen molar-refractivity contribution in [2.24, 2.45) is 0 Å². The highest BCUT2D eigenvalue weighted by Gasteiger charge is 2.28. The molecule has 34 heavy (non-hydrogen) atoms. The fourth-order valence-electron chi connectivity index (χ4n) is 4.16. The molecule has 2 aromatic heterocycles. The molecular formula is C26H26N4O4. The average molecular weight is 459 g/mol. The van der Waals surface area contributed by atoms with Crippen molar-refractivity contribution >= 4 is 5.91 Å². The molecule has 0 aliphatic carbocycles. The SMILES string of the molecule is COC(C(=O)N1CCN(Cc2ccc(-c3noc(-c4ccco4)n3)cc2)CC1)c1ccccc1. The zero-order valence-electron chi connectivity index (χ0n) is 19.0. The van der Waals surface area contributed by atoms with Crippen LogP contribution in [-0.4, -0.2) is 59.1 Å². The molecule has 1 atom stereocenters. The lowest BCUT2D eigenvalue weighted by molar-refractivity contribution is -0.144. The van der Waals surface area contributed by atoms with E-state index in [1.165, 1.54) is 5.56 Å². The maximum atomic E-state index is 13.0. The summed E-state index contributed by atoms with van der Waals surface area (Å²) in [7, 11) is 1.59. The van der Waals surface area contributed by atoms with Gasteiger partial charge < -0.3 is 18.6 Å². The van der Waals surface area contributed by atoms with Gasteiger partial charge in [-0.05, 0) is 23.3 Å². The zero-order valence-corrected chi connectivity index (χ0v) is 19.0. The Morgan fingerprint density at radius 1 is 1.00 bits per heavy atom. The van der Waals surface area contributed by atoms with Crippen LogP contribution in [0.15, 0.2) is 81.9 Å². The summed E-state index contributed by atoms with van der Waals surface area (Å²) in [6, 6.07) is 21.3. The average Bonchev–Trinajstić information content (AvgIpc) is 3.59. The number of hydrogen-bond acceptors (Lipinski definition) is 7. The lowest BCUT2D eigenvalue weighted by atomic mass is 10.1. The quantitative estimate of drug-likeness (QED) is 0.413. The highest BCUT2D eigenvalue weighted by atomic mass is 16.5. The second-order valence-electron chi connectivity index (χ2n) is 8.23. The Kier molecular flexibility index (Phi) is 6.51. The second-order valence-corrected chi connectivity index (χ2v) is 8.23. The summed E-state index contributed by atoms with van der Waals surface area (Å²) >= 11 is 0. The molecule has 8 heteroatoms. The molecule has 174 valence electrons. The van der Waals surface area contributed by atoms with Crippen LogP contribution in [0.1, 0.15) is 17.2 Å². The van der Waals surface area contributed by atoms with Gasteiger partial charge in [0, 0.05) is 45.4 Å². The molecule has 5 rings (SSSR count). The van der Waals surface area contributed by atoms with Crippen LogP contribution in [0.3, 0.4) is 0 Å². The molecule has 1 fully saturated rings. The van der Waals surface area contributed by atoms with Crippen LogP contribution >= 0.6 is 0 Å². The first-order chi connectivity index (χ1) is 16.7. The van der Waals surface area contributed by atoms with Crippen LogP contribution in [0, 0.1) is 0 Å². The van der Waals surface area contributed by atoms with Crippen molar-refractivity contribution in [1.82, 2.24) is 19.9 Å². The molecule has 0 bridgehead atoms. The maximum Gasteiger partial charge on any atom is 0.293 e. The van der Waals surface area contributed by atoms with Gasteiger partial charge in [-0.15, -0.1) is 0 Å². The first-order valence-electron chi connectivity index (χ1n) is 11.3. The van der Waals surface area contributed by atoms with Gasteiger partial charge in [0.25, 0.3) is 11.8 Å². The fraction of sp³-hybridized carbons (Fsp3) is 0.269. The Morgan fingerprint density at radius 2 is 1.76 bits per heavy atom. The zero-order chi connectivity index (χ0) is 23.3. The number of nitrogens with zero attached hydrogens (tertiary/aromatic N) is 4. The van der Waals surface area contributed by atoms with Crippen LogP contribution in [0.5, 0.6) is 0 Å². The number of amides is 1. The normalized spacial score (nSPS) is 15.4. The molecule has 3 heterocycles. The van der Waals surface area contributed by atoms with Gasteiger partial charge in [0.2, 0.25) is 5.82 Å². The number of rotatable bonds is 7. The molecule has 8 nitrogen and oxygen atoms in total. The van der Waals surface area contributed by atoms with Crippen molar-refractivity contribution in [2.45, 2.75) is 12.6 Å². The Bertz CT molecular complexity index is 1200. The topological polar surface area (TPSA) is 84.8 Å². The van der Waals surface area contributed by atoms with Crippen LogP contribution in [-0.2, 0) is 16.1 Å². The van der Waals surface area contributed by atoms with E-state index in [2.05, 4.69) is 27.2 Å². The predicted molar refractivity (Wildman–Crippen MR) is 125 cm³/mol. The molecule has 0 spiro atoms. The highest BCUT2D eigenvalue weighted by Crippen LogP contribution is 2.24. The van der Waals surface area contributed by atoms with Gasteiger partial charge in [0.05, 0.1) is 6.26 Å². The van der Waals surface area contributed by atoms with Crippen molar-refractivity contribution in [3.63, 3.8) is 0 Å². The number of aromatic nitrogens is 2. The summed E-state index contributed by atoms with van der Waals surface area (Å²) in [5.74, 6) is 1.45. The molecular weight excluding hydrogens is 432 g/mol. The first-order valence-corrected chi connectivity index (χ1v) is 11.3. The minimum absolute atomic E-state index is 0.0201. The monoisotopic (exact) mass is 458 g/mol. The summed E-state index contributed by atoms with van der Waals surface area (Å²) in [5.41, 5.74) is 2.96. The van der Waals surface area contributed by atoms with E-state index in [4.69, 9.17) is 13.7 Å². The minimum atomic E-state index is -0.557. The van der Waals surface area contributed by atoms with Gasteiger partial charge in [-0.3, -0.25) is 9.69 Å². The fourth-order valence-corrected chi connectivity index (χ4v) is 4.16. The predicted octanol–water partition coefficient (Wildman–Crippen LogP) is 4.03. The van der Waals surface area contributed by atoms with E-state index in [0.717, 1.165) is 30.8 Å². The van der Waals surface area contributed by atoms with Gasteiger partial charge in [-0.2, -0.15) is 4.98 Å². The van der Waals surface area contributed by atoms with Crippen molar-refractivity contribution in [2.75, 3.05) is 33.3 Å². The van der Waals surface area contributed by atoms with E-state index in [1.807, 2.05) is 47.4 Å². The van der Waals surface area contributed by atoms with Gasteiger partial charge in [-0.25, -0.2) is 0 Å². The number of carbonyl (C=O) groups excluding carboxylic acids is 1. The summed E-state index contributed by atoms with van der Waals surface area (Å²) in [4.78, 5) is 21.7. The van der Waals surface area contributed by atoms with Crippen LogP contribution < -0.4 is 0 Å². The van der Waals surface area contributed by atoms with Gasteiger partial charge in [-0.1, -0.05) is 59.8 Å². The number of carbonyl (C=O) groups is 1. The standard InChI is InChI=1S/C26H26N4O4/c1-32-23(20-6-3-2-4-7-20)26(31)30-15-13-29(14-16-30)18-19-9-11-21(12-10-19)24-27-25(34-28-24)22-8-5-17-33-22/h2-12,17,23H,13-16,18H2,1H3. The number of hydrogen-bond donors (Lipinski definition) is 0. The lowest BCUT2D eigenvalue weighted by Crippen LogP contribution is -2.49. The Morgan fingerprint density at radius 3 is 2.44 bits per heavy atom. The van der Waals surface area contributed by atoms with E-state index < -0.39 is 6.10 Å². The molecule has 1 aliphatic rings. The van der Waals surface area contributed by atoms with Crippen molar-refractivity contribution in [3.8, 4) is 23.0 Å². The summed E-state index contributed by atoms with van der Waals surface area (Å²) in [6.45, 7) is 3.81. The number of benzene rings is 2. The second kappa shape index (κ2) is 10.0. The van der Waals surface area contributed by atoms with Crippen molar-refractivity contribution in [3.05, 3.63) is 84.1 Å². The summed E-state index contributed by atoms with van der Waals surface area (Å²) in [6.07, 6.45) is 1.02. The van der Waals surface area contributed by atoms with E-state index >= 15 is 0 Å². The van der Waals surface area contributed by atoms with Crippen molar-refractivity contribution in [1.29, 1.82) is 0 Å². The Hall–Kier alpha value is -3.75. The van der Waals surface area contributed by atoms with Crippen LogP contribution in [0.2, 0.25) is 0 Å². The minimum Gasteiger partial charge on any atom is -0.459 e.